The number of hydrogen-bond donors (Lipinski definition) is 1. The molecule has 1 N–H and O–H groups in total. The van der Waals surface area contributed by atoms with E-state index in [-0.39, 0.29) is 18.6 Å². The Balaban J connectivity index is 1.80. The molecule has 4 nitrogen and oxygen atoms in total. The molecule has 4 heteroatoms. The average molecular weight is 286 g/mol. The van der Waals surface area contributed by atoms with Crippen LogP contribution in [0.2, 0.25) is 0 Å². The third-order valence-electron chi connectivity index (χ3n) is 3.84. The number of para-hydroxylation sites is 1. The minimum absolute atomic E-state index is 0.0325. The first-order valence-corrected chi connectivity index (χ1v) is 7.71. The number of nitrogens with one attached hydrogen (secondary N) is 1. The molecule has 0 bridgehead atoms. The zero-order valence-electron chi connectivity index (χ0n) is 12.3. The summed E-state index contributed by atoms with van der Waals surface area (Å²) in [6, 6.07) is 9.29. The molecule has 0 spiro atoms. The molecule has 1 fully saturated rings. The second-order valence-corrected chi connectivity index (χ2v) is 5.51. The van der Waals surface area contributed by atoms with Crippen molar-refractivity contribution in [2.24, 2.45) is 0 Å². The number of amides is 1. The van der Waals surface area contributed by atoms with Crippen LogP contribution in [0.1, 0.15) is 50.5 Å². The van der Waals surface area contributed by atoms with Crippen LogP contribution in [0.5, 0.6) is 5.75 Å². The molecule has 0 saturated heterocycles. The highest BCUT2D eigenvalue weighted by atomic mass is 16.5. The van der Waals surface area contributed by atoms with Crippen LogP contribution in [-0.4, -0.2) is 18.6 Å². The predicted octanol–water partition coefficient (Wildman–Crippen LogP) is 3.17. The number of nitriles is 1. The van der Waals surface area contributed by atoms with Gasteiger partial charge < -0.3 is 10.1 Å². The Kier molecular flexibility index (Phi) is 6.08. The van der Waals surface area contributed by atoms with Gasteiger partial charge >= 0.3 is 0 Å². The standard InChI is InChI=1S/C17H22N2O2/c18-12-14-8-6-7-11-16(14)21-13-17(20)19-15-9-4-2-1-3-5-10-15/h6-8,11,15H,1-5,9-10,13H2,(H,19,20). The van der Waals surface area contributed by atoms with Gasteiger partial charge in [-0.25, -0.2) is 0 Å². The molecule has 0 unspecified atom stereocenters. The maximum atomic E-state index is 12.0. The second-order valence-electron chi connectivity index (χ2n) is 5.51. The van der Waals surface area contributed by atoms with E-state index < -0.39 is 0 Å². The van der Waals surface area contributed by atoms with Crippen molar-refractivity contribution in [3.05, 3.63) is 29.8 Å². The first-order valence-electron chi connectivity index (χ1n) is 7.71. The summed E-state index contributed by atoms with van der Waals surface area (Å²) in [5.74, 6) is 0.362. The Morgan fingerprint density at radius 2 is 1.86 bits per heavy atom. The van der Waals surface area contributed by atoms with E-state index >= 15 is 0 Å². The molecule has 0 heterocycles. The van der Waals surface area contributed by atoms with E-state index in [1.807, 2.05) is 0 Å². The van der Waals surface area contributed by atoms with Crippen molar-refractivity contribution >= 4 is 5.91 Å². The molecular formula is C17H22N2O2. The summed E-state index contributed by atoms with van der Waals surface area (Å²) in [6.45, 7) is -0.0325. The summed E-state index contributed by atoms with van der Waals surface area (Å²) in [4.78, 5) is 12.0. The molecule has 112 valence electrons. The van der Waals surface area contributed by atoms with E-state index in [4.69, 9.17) is 10.00 Å². The topological polar surface area (TPSA) is 62.1 Å². The van der Waals surface area contributed by atoms with Crippen LogP contribution < -0.4 is 10.1 Å². The highest BCUT2D eigenvalue weighted by Gasteiger charge is 2.14. The van der Waals surface area contributed by atoms with E-state index in [1.54, 1.807) is 24.3 Å². The lowest BCUT2D eigenvalue weighted by Gasteiger charge is -2.21. The van der Waals surface area contributed by atoms with Gasteiger partial charge in [-0.15, -0.1) is 0 Å². The van der Waals surface area contributed by atoms with E-state index in [0.717, 1.165) is 12.8 Å². The Hall–Kier alpha value is -2.02. The van der Waals surface area contributed by atoms with Gasteiger partial charge in [0.1, 0.15) is 11.8 Å². The Labute approximate surface area is 126 Å². The van der Waals surface area contributed by atoms with Crippen molar-refractivity contribution in [3.63, 3.8) is 0 Å². The van der Waals surface area contributed by atoms with E-state index in [9.17, 15) is 4.79 Å². The van der Waals surface area contributed by atoms with E-state index in [0.29, 0.717) is 11.3 Å². The smallest absolute Gasteiger partial charge is 0.258 e. The van der Waals surface area contributed by atoms with Crippen LogP contribution in [0.15, 0.2) is 24.3 Å². The largest absolute Gasteiger partial charge is 0.482 e. The first kappa shape index (κ1) is 15.4. The van der Waals surface area contributed by atoms with Crippen LogP contribution in [0.25, 0.3) is 0 Å². The lowest BCUT2D eigenvalue weighted by Crippen LogP contribution is -2.38. The number of carbonyl (C=O) groups excluding carboxylic acids is 1. The molecule has 1 aliphatic carbocycles. The normalized spacial score (nSPS) is 16.3. The third-order valence-corrected chi connectivity index (χ3v) is 3.84. The molecule has 0 aliphatic heterocycles. The maximum Gasteiger partial charge on any atom is 0.258 e. The SMILES string of the molecule is N#Cc1ccccc1OCC(=O)NC1CCCCCCC1. The number of rotatable bonds is 4. The molecule has 2 rings (SSSR count). The van der Waals surface area contributed by atoms with Crippen molar-refractivity contribution in [2.75, 3.05) is 6.61 Å². The molecule has 1 saturated carbocycles. The minimum atomic E-state index is -0.103. The monoisotopic (exact) mass is 286 g/mol. The molecule has 1 amide bonds. The summed E-state index contributed by atoms with van der Waals surface area (Å²) in [5.41, 5.74) is 0.455. The minimum Gasteiger partial charge on any atom is -0.482 e. The van der Waals surface area contributed by atoms with Crippen LogP contribution in [-0.2, 0) is 4.79 Å². The average Bonchev–Trinajstić information content (AvgIpc) is 2.48. The van der Waals surface area contributed by atoms with Crippen molar-refractivity contribution < 1.29 is 9.53 Å². The molecule has 0 aromatic heterocycles. The Morgan fingerprint density at radius 1 is 1.19 bits per heavy atom. The van der Waals surface area contributed by atoms with Gasteiger partial charge in [0.15, 0.2) is 6.61 Å². The van der Waals surface area contributed by atoms with Gasteiger partial charge in [0.05, 0.1) is 5.56 Å². The summed E-state index contributed by atoms with van der Waals surface area (Å²) in [6.07, 6.45) is 8.32. The highest BCUT2D eigenvalue weighted by Crippen LogP contribution is 2.18. The summed E-state index contributed by atoms with van der Waals surface area (Å²) >= 11 is 0. The van der Waals surface area contributed by atoms with Crippen LogP contribution in [0.3, 0.4) is 0 Å². The van der Waals surface area contributed by atoms with Crippen LogP contribution in [0, 0.1) is 11.3 Å². The molecule has 1 aromatic rings. The van der Waals surface area contributed by atoms with E-state index in [2.05, 4.69) is 11.4 Å². The van der Waals surface area contributed by atoms with Gasteiger partial charge in [0.25, 0.3) is 5.91 Å². The maximum absolute atomic E-state index is 12.0. The number of carbonyl (C=O) groups is 1. The summed E-state index contributed by atoms with van der Waals surface area (Å²) < 4.78 is 5.45. The lowest BCUT2D eigenvalue weighted by molar-refractivity contribution is -0.123. The number of hydrogen-bond acceptors (Lipinski definition) is 3. The summed E-state index contributed by atoms with van der Waals surface area (Å²) in [5, 5.41) is 12.0. The molecule has 21 heavy (non-hydrogen) atoms. The summed E-state index contributed by atoms with van der Waals surface area (Å²) in [7, 11) is 0. The number of nitrogens with zero attached hydrogens (tertiary/aromatic N) is 1. The predicted molar refractivity (Wildman–Crippen MR) is 80.9 cm³/mol. The molecule has 0 atom stereocenters. The number of benzene rings is 1. The third kappa shape index (κ3) is 5.11. The van der Waals surface area contributed by atoms with Crippen LogP contribution in [0.4, 0.5) is 0 Å². The van der Waals surface area contributed by atoms with Crippen molar-refractivity contribution in [3.8, 4) is 11.8 Å². The van der Waals surface area contributed by atoms with Gasteiger partial charge in [-0.1, -0.05) is 44.2 Å². The van der Waals surface area contributed by atoms with Gasteiger partial charge in [0, 0.05) is 6.04 Å². The van der Waals surface area contributed by atoms with E-state index in [1.165, 1.54) is 32.1 Å². The Morgan fingerprint density at radius 3 is 2.57 bits per heavy atom. The first-order chi connectivity index (χ1) is 10.3. The van der Waals surface area contributed by atoms with Crippen LogP contribution >= 0.6 is 0 Å². The molecule has 0 radical (unpaired) electrons. The quantitative estimate of drug-likeness (QED) is 0.924. The van der Waals surface area contributed by atoms with Crippen molar-refractivity contribution in [1.82, 2.24) is 5.32 Å². The highest BCUT2D eigenvalue weighted by molar-refractivity contribution is 5.77. The van der Waals surface area contributed by atoms with Gasteiger partial charge in [-0.05, 0) is 25.0 Å². The molecule has 1 aliphatic rings. The van der Waals surface area contributed by atoms with Gasteiger partial charge in [-0.2, -0.15) is 5.26 Å². The van der Waals surface area contributed by atoms with Crippen molar-refractivity contribution in [2.45, 2.75) is 51.0 Å². The zero-order valence-corrected chi connectivity index (χ0v) is 12.3. The fourth-order valence-electron chi connectivity index (χ4n) is 2.70. The number of ether oxygens (including phenoxy) is 1. The zero-order chi connectivity index (χ0) is 14.9. The molecular weight excluding hydrogens is 264 g/mol. The van der Waals surface area contributed by atoms with Gasteiger partial charge in [-0.3, -0.25) is 4.79 Å². The Bertz CT molecular complexity index is 500. The fourth-order valence-corrected chi connectivity index (χ4v) is 2.70. The molecule has 1 aromatic carbocycles. The second kappa shape index (κ2) is 8.31. The van der Waals surface area contributed by atoms with Gasteiger partial charge in [0.2, 0.25) is 0 Å². The lowest BCUT2D eigenvalue weighted by atomic mass is 9.97. The fraction of sp³-hybridized carbons (Fsp3) is 0.529. The van der Waals surface area contributed by atoms with Crippen molar-refractivity contribution in [1.29, 1.82) is 5.26 Å².